The van der Waals surface area contributed by atoms with Gasteiger partial charge in [0.25, 0.3) is 0 Å². The quantitative estimate of drug-likeness (QED) is 0.679. The smallest absolute Gasteiger partial charge is 0.225 e. The highest BCUT2D eigenvalue weighted by atomic mass is 127. The van der Waals surface area contributed by atoms with Crippen molar-refractivity contribution in [2.45, 2.75) is 19.4 Å². The highest BCUT2D eigenvalue weighted by molar-refractivity contribution is 14.1. The molecule has 4 heteroatoms. The summed E-state index contributed by atoms with van der Waals surface area (Å²) in [5.41, 5.74) is 0.947. The predicted molar refractivity (Wildman–Crippen MR) is 66.8 cm³/mol. The average molecular weight is 317 g/mol. The standard InChI is InChI=1S/C11H12INO2/c1-8(11(12)15)13-10(14)7-9-5-3-2-4-6-9/h2-6,8H,7H2,1H3,(H,13,14)/t8-/m0/s1. The molecule has 1 aromatic rings. The van der Waals surface area contributed by atoms with E-state index in [0.29, 0.717) is 6.42 Å². The van der Waals surface area contributed by atoms with Gasteiger partial charge in [0.1, 0.15) is 0 Å². The summed E-state index contributed by atoms with van der Waals surface area (Å²) in [6.45, 7) is 1.68. The Hall–Kier alpha value is -0.910. The van der Waals surface area contributed by atoms with Gasteiger partial charge in [0.2, 0.25) is 9.70 Å². The molecule has 0 aliphatic carbocycles. The van der Waals surface area contributed by atoms with Gasteiger partial charge in [0.05, 0.1) is 12.5 Å². The first kappa shape index (κ1) is 12.2. The van der Waals surface area contributed by atoms with Gasteiger partial charge in [0.15, 0.2) is 0 Å². The molecule has 1 rings (SSSR count). The first-order valence-electron chi connectivity index (χ1n) is 4.62. The minimum Gasteiger partial charge on any atom is -0.345 e. The van der Waals surface area contributed by atoms with E-state index in [1.807, 2.05) is 30.3 Å². The van der Waals surface area contributed by atoms with Crippen molar-refractivity contribution in [3.8, 4) is 0 Å². The third kappa shape index (κ3) is 4.42. The van der Waals surface area contributed by atoms with E-state index >= 15 is 0 Å². The van der Waals surface area contributed by atoms with Crippen LogP contribution in [0.25, 0.3) is 0 Å². The van der Waals surface area contributed by atoms with Gasteiger partial charge in [-0.05, 0) is 12.5 Å². The van der Waals surface area contributed by atoms with E-state index in [2.05, 4.69) is 5.32 Å². The number of carbonyl (C=O) groups excluding carboxylic acids is 2. The maximum atomic E-state index is 11.5. The van der Waals surface area contributed by atoms with E-state index < -0.39 is 6.04 Å². The van der Waals surface area contributed by atoms with Crippen molar-refractivity contribution in [2.75, 3.05) is 0 Å². The summed E-state index contributed by atoms with van der Waals surface area (Å²) in [4.78, 5) is 22.4. The highest BCUT2D eigenvalue weighted by Gasteiger charge is 2.12. The Bertz CT molecular complexity index is 351. The third-order valence-corrected chi connectivity index (χ3v) is 2.86. The van der Waals surface area contributed by atoms with Crippen LogP contribution in [0.1, 0.15) is 12.5 Å². The van der Waals surface area contributed by atoms with Gasteiger partial charge < -0.3 is 5.32 Å². The minimum atomic E-state index is -0.415. The fourth-order valence-electron chi connectivity index (χ4n) is 1.13. The molecule has 1 atom stereocenters. The summed E-state index contributed by atoms with van der Waals surface area (Å²) in [6.07, 6.45) is 0.315. The van der Waals surface area contributed by atoms with Crippen LogP contribution in [0.4, 0.5) is 0 Å². The number of halogens is 1. The Morgan fingerprint density at radius 3 is 2.47 bits per heavy atom. The molecule has 0 saturated carbocycles. The number of amides is 1. The Morgan fingerprint density at radius 2 is 1.93 bits per heavy atom. The van der Waals surface area contributed by atoms with Crippen LogP contribution >= 0.6 is 22.6 Å². The SMILES string of the molecule is C[C@H](NC(=O)Cc1ccccc1)C(=O)I. The molecule has 0 aliphatic heterocycles. The molecule has 0 saturated heterocycles. The lowest BCUT2D eigenvalue weighted by atomic mass is 10.1. The zero-order valence-corrected chi connectivity index (χ0v) is 10.5. The zero-order valence-electron chi connectivity index (χ0n) is 8.37. The number of hydrogen-bond donors (Lipinski definition) is 1. The number of benzene rings is 1. The Labute approximate surface area is 102 Å². The van der Waals surface area contributed by atoms with E-state index in [-0.39, 0.29) is 9.70 Å². The van der Waals surface area contributed by atoms with Gasteiger partial charge in [0, 0.05) is 22.6 Å². The number of hydrogen-bond acceptors (Lipinski definition) is 2. The second-order valence-corrected chi connectivity index (χ2v) is 4.32. The first-order valence-corrected chi connectivity index (χ1v) is 5.70. The molecule has 0 bridgehead atoms. The average Bonchev–Trinajstić information content (AvgIpc) is 2.18. The lowest BCUT2D eigenvalue weighted by Gasteiger charge is -2.09. The summed E-state index contributed by atoms with van der Waals surface area (Å²) in [5, 5.41) is 2.63. The predicted octanol–water partition coefficient (Wildman–Crippen LogP) is 1.70. The van der Waals surface area contributed by atoms with Gasteiger partial charge in [-0.2, -0.15) is 0 Å². The van der Waals surface area contributed by atoms with Gasteiger partial charge in [-0.1, -0.05) is 30.3 Å². The van der Waals surface area contributed by atoms with Gasteiger partial charge in [-0.25, -0.2) is 0 Å². The van der Waals surface area contributed by atoms with Crippen molar-refractivity contribution >= 4 is 32.3 Å². The topological polar surface area (TPSA) is 46.2 Å². The van der Waals surface area contributed by atoms with Crippen LogP contribution in [0.3, 0.4) is 0 Å². The fourth-order valence-corrected chi connectivity index (χ4v) is 1.29. The second-order valence-electron chi connectivity index (χ2n) is 3.26. The molecule has 0 aliphatic rings. The van der Waals surface area contributed by atoms with Gasteiger partial charge in [-0.15, -0.1) is 0 Å². The lowest BCUT2D eigenvalue weighted by molar-refractivity contribution is -0.123. The normalized spacial score (nSPS) is 11.9. The Morgan fingerprint density at radius 1 is 1.33 bits per heavy atom. The summed E-state index contributed by atoms with van der Waals surface area (Å²) < 4.78 is -0.0611. The maximum Gasteiger partial charge on any atom is 0.225 e. The lowest BCUT2D eigenvalue weighted by Crippen LogP contribution is -2.37. The fraction of sp³-hybridized carbons (Fsp3) is 0.273. The summed E-state index contributed by atoms with van der Waals surface area (Å²) >= 11 is 1.68. The minimum absolute atomic E-state index is 0.0611. The summed E-state index contributed by atoms with van der Waals surface area (Å²) in [5.74, 6) is -0.126. The molecule has 3 nitrogen and oxygen atoms in total. The summed E-state index contributed by atoms with van der Waals surface area (Å²) in [6, 6.07) is 9.03. The van der Waals surface area contributed by atoms with Crippen LogP contribution in [0.15, 0.2) is 30.3 Å². The van der Waals surface area contributed by atoms with Crippen molar-refractivity contribution in [1.29, 1.82) is 0 Å². The molecule has 1 N–H and O–H groups in total. The van der Waals surface area contributed by atoms with Crippen LogP contribution in [0.5, 0.6) is 0 Å². The van der Waals surface area contributed by atoms with Crippen LogP contribution in [-0.2, 0) is 16.0 Å². The number of nitrogens with one attached hydrogen (secondary N) is 1. The number of carbonyl (C=O) groups is 2. The van der Waals surface area contributed by atoms with E-state index in [1.165, 1.54) is 0 Å². The van der Waals surface area contributed by atoms with Crippen LogP contribution < -0.4 is 5.32 Å². The molecule has 1 amide bonds. The number of rotatable bonds is 4. The zero-order chi connectivity index (χ0) is 11.3. The molecule has 0 aromatic heterocycles. The van der Waals surface area contributed by atoms with Crippen molar-refractivity contribution in [2.24, 2.45) is 0 Å². The molecule has 0 fully saturated rings. The Balaban J connectivity index is 2.47. The molecule has 15 heavy (non-hydrogen) atoms. The molecule has 80 valence electrons. The van der Waals surface area contributed by atoms with E-state index in [0.717, 1.165) is 5.56 Å². The van der Waals surface area contributed by atoms with Crippen LogP contribution in [-0.4, -0.2) is 15.7 Å². The van der Waals surface area contributed by atoms with Crippen LogP contribution in [0, 0.1) is 0 Å². The molecule has 0 spiro atoms. The molecule has 1 aromatic carbocycles. The second kappa shape index (κ2) is 5.85. The van der Waals surface area contributed by atoms with Gasteiger partial charge in [-0.3, -0.25) is 9.59 Å². The molecule has 0 radical (unpaired) electrons. The van der Waals surface area contributed by atoms with Crippen molar-refractivity contribution < 1.29 is 9.59 Å². The van der Waals surface area contributed by atoms with Crippen molar-refractivity contribution in [3.05, 3.63) is 35.9 Å². The van der Waals surface area contributed by atoms with Crippen molar-refractivity contribution in [1.82, 2.24) is 5.32 Å². The Kier molecular flexibility index (Phi) is 4.74. The van der Waals surface area contributed by atoms with Crippen molar-refractivity contribution in [3.63, 3.8) is 0 Å². The maximum absolute atomic E-state index is 11.5. The summed E-state index contributed by atoms with van der Waals surface area (Å²) in [7, 11) is 0. The third-order valence-electron chi connectivity index (χ3n) is 1.93. The van der Waals surface area contributed by atoms with Crippen LogP contribution in [0.2, 0.25) is 0 Å². The van der Waals surface area contributed by atoms with E-state index in [4.69, 9.17) is 0 Å². The molecule has 0 heterocycles. The molecular weight excluding hydrogens is 305 g/mol. The molecular formula is C11H12INO2. The highest BCUT2D eigenvalue weighted by Crippen LogP contribution is 2.00. The van der Waals surface area contributed by atoms with Gasteiger partial charge >= 0.3 is 0 Å². The van der Waals surface area contributed by atoms with E-state index in [1.54, 1.807) is 29.5 Å². The monoisotopic (exact) mass is 317 g/mol. The molecule has 0 unspecified atom stereocenters. The largest absolute Gasteiger partial charge is 0.345 e. The van der Waals surface area contributed by atoms with E-state index in [9.17, 15) is 9.59 Å². The first-order chi connectivity index (χ1) is 7.09.